The SMILES string of the molecule is CCC(CC)n1ccc(CN2CC(CN)OC2=O)n1. The van der Waals surface area contributed by atoms with E-state index in [1.807, 2.05) is 16.9 Å². The van der Waals surface area contributed by atoms with Gasteiger partial charge >= 0.3 is 6.09 Å². The normalized spacial score (nSPS) is 19.3. The third-order valence-electron chi connectivity index (χ3n) is 3.55. The van der Waals surface area contributed by atoms with E-state index >= 15 is 0 Å². The highest BCUT2D eigenvalue weighted by Crippen LogP contribution is 2.17. The summed E-state index contributed by atoms with van der Waals surface area (Å²) < 4.78 is 7.10. The van der Waals surface area contributed by atoms with Crippen LogP contribution >= 0.6 is 0 Å². The first-order valence-electron chi connectivity index (χ1n) is 6.87. The minimum Gasteiger partial charge on any atom is -0.443 e. The van der Waals surface area contributed by atoms with Crippen LogP contribution in [0.3, 0.4) is 0 Å². The van der Waals surface area contributed by atoms with E-state index in [4.69, 9.17) is 10.5 Å². The highest BCUT2D eigenvalue weighted by molar-refractivity contribution is 5.69. The molecule has 1 aromatic heterocycles. The second-order valence-electron chi connectivity index (χ2n) is 4.88. The van der Waals surface area contributed by atoms with Crippen LogP contribution in [-0.2, 0) is 11.3 Å². The minimum atomic E-state index is -0.299. The number of amides is 1. The molecule has 19 heavy (non-hydrogen) atoms. The van der Waals surface area contributed by atoms with Gasteiger partial charge in [-0.3, -0.25) is 9.58 Å². The Hall–Kier alpha value is -1.56. The number of nitrogens with zero attached hydrogens (tertiary/aromatic N) is 3. The number of cyclic esters (lactones) is 1. The molecule has 1 amide bonds. The van der Waals surface area contributed by atoms with Crippen LogP contribution in [0.5, 0.6) is 0 Å². The van der Waals surface area contributed by atoms with E-state index in [1.54, 1.807) is 4.90 Å². The molecule has 1 saturated heterocycles. The monoisotopic (exact) mass is 266 g/mol. The van der Waals surface area contributed by atoms with E-state index in [2.05, 4.69) is 18.9 Å². The molecule has 0 aromatic carbocycles. The molecule has 1 aliphatic heterocycles. The summed E-state index contributed by atoms with van der Waals surface area (Å²) in [7, 11) is 0. The molecule has 2 N–H and O–H groups in total. The Labute approximate surface area is 113 Å². The third-order valence-corrected chi connectivity index (χ3v) is 3.55. The zero-order valence-corrected chi connectivity index (χ0v) is 11.6. The zero-order valence-electron chi connectivity index (χ0n) is 11.6. The summed E-state index contributed by atoms with van der Waals surface area (Å²) in [5.74, 6) is 0. The fraction of sp³-hybridized carbons (Fsp3) is 0.692. The summed E-state index contributed by atoms with van der Waals surface area (Å²) in [6.45, 7) is 5.71. The molecule has 1 aliphatic rings. The van der Waals surface area contributed by atoms with Crippen LogP contribution in [-0.4, -0.2) is 40.0 Å². The number of hydrogen-bond acceptors (Lipinski definition) is 4. The number of carbonyl (C=O) groups is 1. The highest BCUT2D eigenvalue weighted by Gasteiger charge is 2.30. The van der Waals surface area contributed by atoms with Gasteiger partial charge in [0.05, 0.1) is 24.8 Å². The average molecular weight is 266 g/mol. The largest absolute Gasteiger partial charge is 0.443 e. The second-order valence-corrected chi connectivity index (χ2v) is 4.88. The lowest BCUT2D eigenvalue weighted by Gasteiger charge is -2.13. The molecule has 2 heterocycles. The van der Waals surface area contributed by atoms with Crippen LogP contribution in [0.1, 0.15) is 38.4 Å². The van der Waals surface area contributed by atoms with Crippen molar-refractivity contribution in [2.75, 3.05) is 13.1 Å². The van der Waals surface area contributed by atoms with Gasteiger partial charge in [0.2, 0.25) is 0 Å². The average Bonchev–Trinajstić information content (AvgIpc) is 3.00. The summed E-state index contributed by atoms with van der Waals surface area (Å²) in [6, 6.07) is 2.39. The van der Waals surface area contributed by atoms with Crippen molar-refractivity contribution in [1.82, 2.24) is 14.7 Å². The molecule has 1 atom stereocenters. The Morgan fingerprint density at radius 3 is 2.84 bits per heavy atom. The number of carbonyl (C=O) groups excluding carboxylic acids is 1. The molecule has 0 bridgehead atoms. The maximum Gasteiger partial charge on any atom is 0.410 e. The van der Waals surface area contributed by atoms with Gasteiger partial charge in [-0.2, -0.15) is 5.10 Å². The maximum absolute atomic E-state index is 11.6. The zero-order chi connectivity index (χ0) is 13.8. The summed E-state index contributed by atoms with van der Waals surface area (Å²) >= 11 is 0. The summed E-state index contributed by atoms with van der Waals surface area (Å²) in [6.07, 6.45) is 3.60. The first-order chi connectivity index (χ1) is 9.17. The van der Waals surface area contributed by atoms with Gasteiger partial charge in [-0.15, -0.1) is 0 Å². The van der Waals surface area contributed by atoms with Crippen LogP contribution < -0.4 is 5.73 Å². The molecule has 0 radical (unpaired) electrons. The van der Waals surface area contributed by atoms with Gasteiger partial charge in [-0.05, 0) is 18.9 Å². The first kappa shape index (κ1) is 13.9. The van der Waals surface area contributed by atoms with Gasteiger partial charge in [0.25, 0.3) is 0 Å². The van der Waals surface area contributed by atoms with Gasteiger partial charge in [-0.1, -0.05) is 13.8 Å². The van der Waals surface area contributed by atoms with Crippen LogP contribution in [0.2, 0.25) is 0 Å². The molecule has 0 spiro atoms. The maximum atomic E-state index is 11.6. The molecule has 1 aromatic rings. The van der Waals surface area contributed by atoms with E-state index in [0.29, 0.717) is 25.7 Å². The predicted octanol–water partition coefficient (Wildman–Crippen LogP) is 1.52. The number of hydrogen-bond donors (Lipinski definition) is 1. The summed E-state index contributed by atoms with van der Waals surface area (Å²) in [5.41, 5.74) is 6.40. The Morgan fingerprint density at radius 2 is 2.26 bits per heavy atom. The molecular weight excluding hydrogens is 244 g/mol. The van der Waals surface area contributed by atoms with Crippen molar-refractivity contribution in [3.05, 3.63) is 18.0 Å². The standard InChI is InChI=1S/C13H22N4O2/c1-3-11(4-2)17-6-5-10(15-17)8-16-9-12(7-14)19-13(16)18/h5-6,11-12H,3-4,7-9,14H2,1-2H3. The van der Waals surface area contributed by atoms with E-state index in [-0.39, 0.29) is 12.2 Å². The van der Waals surface area contributed by atoms with Crippen molar-refractivity contribution in [3.8, 4) is 0 Å². The van der Waals surface area contributed by atoms with Crippen molar-refractivity contribution >= 4 is 6.09 Å². The highest BCUT2D eigenvalue weighted by atomic mass is 16.6. The number of rotatable bonds is 6. The van der Waals surface area contributed by atoms with Crippen molar-refractivity contribution in [1.29, 1.82) is 0 Å². The first-order valence-corrected chi connectivity index (χ1v) is 6.87. The van der Waals surface area contributed by atoms with E-state index in [0.717, 1.165) is 18.5 Å². The lowest BCUT2D eigenvalue weighted by Crippen LogP contribution is -2.27. The van der Waals surface area contributed by atoms with Gasteiger partial charge < -0.3 is 10.5 Å². The Balaban J connectivity index is 1.98. The van der Waals surface area contributed by atoms with Gasteiger partial charge in [0, 0.05) is 12.7 Å². The van der Waals surface area contributed by atoms with Crippen molar-refractivity contribution in [2.45, 2.75) is 45.4 Å². The summed E-state index contributed by atoms with van der Waals surface area (Å²) in [5, 5.41) is 4.54. The van der Waals surface area contributed by atoms with Gasteiger partial charge in [0.1, 0.15) is 6.10 Å². The van der Waals surface area contributed by atoms with E-state index in [1.165, 1.54) is 0 Å². The van der Waals surface area contributed by atoms with Crippen molar-refractivity contribution in [3.63, 3.8) is 0 Å². The minimum absolute atomic E-state index is 0.186. The summed E-state index contributed by atoms with van der Waals surface area (Å²) in [4.78, 5) is 13.3. The van der Waals surface area contributed by atoms with Gasteiger partial charge in [-0.25, -0.2) is 4.79 Å². The van der Waals surface area contributed by atoms with Gasteiger partial charge in [0.15, 0.2) is 0 Å². The number of nitrogens with two attached hydrogens (primary N) is 1. The smallest absolute Gasteiger partial charge is 0.410 e. The fourth-order valence-electron chi connectivity index (χ4n) is 2.35. The molecule has 6 heteroatoms. The molecular formula is C13H22N4O2. The molecule has 1 unspecified atom stereocenters. The Kier molecular flexibility index (Phi) is 4.42. The quantitative estimate of drug-likeness (QED) is 0.847. The van der Waals surface area contributed by atoms with Crippen molar-refractivity contribution in [2.24, 2.45) is 5.73 Å². The van der Waals surface area contributed by atoms with Crippen LogP contribution in [0.15, 0.2) is 12.3 Å². The predicted molar refractivity (Wildman–Crippen MR) is 71.6 cm³/mol. The number of ether oxygens (including phenoxy) is 1. The van der Waals surface area contributed by atoms with Crippen LogP contribution in [0.25, 0.3) is 0 Å². The molecule has 106 valence electrons. The van der Waals surface area contributed by atoms with Crippen LogP contribution in [0, 0.1) is 0 Å². The third kappa shape index (κ3) is 3.07. The Morgan fingerprint density at radius 1 is 1.53 bits per heavy atom. The van der Waals surface area contributed by atoms with E-state index in [9.17, 15) is 4.79 Å². The molecule has 2 rings (SSSR count). The topological polar surface area (TPSA) is 73.4 Å². The lowest BCUT2D eigenvalue weighted by atomic mass is 10.2. The molecule has 0 saturated carbocycles. The lowest BCUT2D eigenvalue weighted by molar-refractivity contribution is 0.134. The molecule has 6 nitrogen and oxygen atoms in total. The number of aromatic nitrogens is 2. The second kappa shape index (κ2) is 6.06. The fourth-order valence-corrected chi connectivity index (χ4v) is 2.35. The Bertz CT molecular complexity index is 428. The van der Waals surface area contributed by atoms with Crippen LogP contribution in [0.4, 0.5) is 4.79 Å². The molecule has 0 aliphatic carbocycles. The molecule has 1 fully saturated rings. The van der Waals surface area contributed by atoms with E-state index < -0.39 is 0 Å². The van der Waals surface area contributed by atoms with Crippen molar-refractivity contribution < 1.29 is 9.53 Å².